The van der Waals surface area contributed by atoms with Gasteiger partial charge in [0.2, 0.25) is 11.8 Å². The summed E-state index contributed by atoms with van der Waals surface area (Å²) in [6, 6.07) is 9.55. The Labute approximate surface area is 154 Å². The third-order valence-electron chi connectivity index (χ3n) is 4.71. The first-order chi connectivity index (χ1) is 12.5. The van der Waals surface area contributed by atoms with Gasteiger partial charge in [-0.05, 0) is 37.7 Å². The van der Waals surface area contributed by atoms with E-state index in [-0.39, 0.29) is 18.4 Å². The monoisotopic (exact) mass is 360 g/mol. The Hall–Kier alpha value is -2.37. The quantitative estimate of drug-likeness (QED) is 0.757. The zero-order valence-electron chi connectivity index (χ0n) is 15.6. The van der Waals surface area contributed by atoms with E-state index in [1.807, 2.05) is 18.2 Å². The lowest BCUT2D eigenvalue weighted by molar-refractivity contribution is -0.148. The van der Waals surface area contributed by atoms with Gasteiger partial charge in [-0.1, -0.05) is 30.3 Å². The van der Waals surface area contributed by atoms with E-state index in [1.165, 1.54) is 12.5 Å². The Morgan fingerprint density at radius 1 is 1.27 bits per heavy atom. The molecule has 0 aromatic heterocycles. The summed E-state index contributed by atoms with van der Waals surface area (Å²) in [5.74, 6) is -0.253. The highest BCUT2D eigenvalue weighted by Crippen LogP contribution is 2.28. The highest BCUT2D eigenvalue weighted by molar-refractivity contribution is 5.83. The highest BCUT2D eigenvalue weighted by atomic mass is 16.5. The minimum atomic E-state index is -0.714. The molecule has 1 aromatic rings. The van der Waals surface area contributed by atoms with Gasteiger partial charge in [0.1, 0.15) is 6.04 Å². The van der Waals surface area contributed by atoms with Crippen LogP contribution in [0.3, 0.4) is 0 Å². The van der Waals surface area contributed by atoms with Crippen LogP contribution in [0.1, 0.15) is 51.0 Å². The van der Waals surface area contributed by atoms with Crippen molar-refractivity contribution in [1.29, 1.82) is 0 Å². The molecule has 2 atom stereocenters. The lowest BCUT2D eigenvalue weighted by atomic mass is 9.92. The second-order valence-electron chi connectivity index (χ2n) is 6.61. The minimum absolute atomic E-state index is 0.105. The van der Waals surface area contributed by atoms with Crippen molar-refractivity contribution in [2.75, 3.05) is 19.7 Å². The molecule has 1 N–H and O–H groups in total. The predicted octanol–water partition coefficient (Wildman–Crippen LogP) is 2.24. The molecule has 1 aliphatic heterocycles. The van der Waals surface area contributed by atoms with Crippen molar-refractivity contribution in [2.24, 2.45) is 0 Å². The first-order valence-electron chi connectivity index (χ1n) is 9.27. The molecule has 0 saturated carbocycles. The van der Waals surface area contributed by atoms with E-state index in [2.05, 4.69) is 17.4 Å². The molecule has 1 aromatic carbocycles. The molecule has 0 aliphatic carbocycles. The van der Waals surface area contributed by atoms with Crippen molar-refractivity contribution in [2.45, 2.75) is 51.5 Å². The van der Waals surface area contributed by atoms with E-state index >= 15 is 0 Å². The first kappa shape index (κ1) is 19.9. The van der Waals surface area contributed by atoms with Crippen LogP contribution in [0, 0.1) is 0 Å². The zero-order chi connectivity index (χ0) is 18.9. The number of hydrogen-bond donors (Lipinski definition) is 1. The number of hydrogen-bond acceptors (Lipinski definition) is 4. The number of likely N-dealkylation sites (tertiary alicyclic amines) is 1. The summed E-state index contributed by atoms with van der Waals surface area (Å²) in [5, 5.41) is 2.62. The van der Waals surface area contributed by atoms with Gasteiger partial charge in [0, 0.05) is 26.4 Å². The van der Waals surface area contributed by atoms with Gasteiger partial charge in [-0.25, -0.2) is 4.79 Å². The van der Waals surface area contributed by atoms with E-state index in [0.29, 0.717) is 31.8 Å². The van der Waals surface area contributed by atoms with E-state index in [1.54, 1.807) is 11.8 Å². The SMILES string of the molecule is CCOC(=O)C(CCN1CCC(c2ccccc2)CCC1=O)NC(C)=O. The van der Waals surface area contributed by atoms with E-state index < -0.39 is 12.0 Å². The van der Waals surface area contributed by atoms with Gasteiger partial charge < -0.3 is 15.0 Å². The van der Waals surface area contributed by atoms with Crippen molar-refractivity contribution in [3.05, 3.63) is 35.9 Å². The van der Waals surface area contributed by atoms with Gasteiger partial charge in [-0.2, -0.15) is 0 Å². The van der Waals surface area contributed by atoms with Gasteiger partial charge in [0.05, 0.1) is 6.61 Å². The Bertz CT molecular complexity index is 617. The topological polar surface area (TPSA) is 75.7 Å². The summed E-state index contributed by atoms with van der Waals surface area (Å²) in [6.07, 6.45) is 2.61. The molecule has 2 amide bonds. The molecule has 1 fully saturated rings. The fourth-order valence-electron chi connectivity index (χ4n) is 3.35. The maximum Gasteiger partial charge on any atom is 0.328 e. The Morgan fingerprint density at radius 3 is 2.65 bits per heavy atom. The van der Waals surface area contributed by atoms with Gasteiger partial charge in [0.25, 0.3) is 0 Å². The summed E-state index contributed by atoms with van der Waals surface area (Å²) in [5.41, 5.74) is 1.27. The molecule has 6 heteroatoms. The average Bonchev–Trinajstić information content (AvgIpc) is 2.81. The normalized spacial score (nSPS) is 18.8. The third-order valence-corrected chi connectivity index (χ3v) is 4.71. The van der Waals surface area contributed by atoms with Crippen molar-refractivity contribution in [3.63, 3.8) is 0 Å². The van der Waals surface area contributed by atoms with E-state index in [4.69, 9.17) is 4.74 Å². The van der Waals surface area contributed by atoms with E-state index in [0.717, 1.165) is 12.8 Å². The third kappa shape index (κ3) is 5.86. The molecule has 142 valence electrons. The van der Waals surface area contributed by atoms with Crippen molar-refractivity contribution in [3.8, 4) is 0 Å². The Balaban J connectivity index is 1.94. The summed E-state index contributed by atoms with van der Waals surface area (Å²) < 4.78 is 5.01. The number of rotatable bonds is 7. The predicted molar refractivity (Wildman–Crippen MR) is 98.5 cm³/mol. The Kier molecular flexibility index (Phi) is 7.63. The minimum Gasteiger partial charge on any atom is -0.464 e. The van der Waals surface area contributed by atoms with Gasteiger partial charge >= 0.3 is 5.97 Å². The number of carbonyl (C=O) groups is 3. The molecule has 6 nitrogen and oxygen atoms in total. The fraction of sp³-hybridized carbons (Fsp3) is 0.550. The summed E-state index contributed by atoms with van der Waals surface area (Å²) >= 11 is 0. The number of nitrogens with one attached hydrogen (secondary N) is 1. The van der Waals surface area contributed by atoms with Crippen LogP contribution in [0.2, 0.25) is 0 Å². The summed E-state index contributed by atoms with van der Waals surface area (Å²) in [6.45, 7) is 4.45. The molecular formula is C20H28N2O4. The smallest absolute Gasteiger partial charge is 0.328 e. The standard InChI is InChI=1S/C20H28N2O4/c1-3-26-20(25)18(21-15(2)23)12-14-22-13-11-17(9-10-19(22)24)16-7-5-4-6-8-16/h4-8,17-18H,3,9-14H2,1-2H3,(H,21,23). The molecule has 1 heterocycles. The lowest BCUT2D eigenvalue weighted by Crippen LogP contribution is -2.44. The van der Waals surface area contributed by atoms with Crippen molar-refractivity contribution >= 4 is 17.8 Å². The Morgan fingerprint density at radius 2 is 2.00 bits per heavy atom. The van der Waals surface area contributed by atoms with Crippen LogP contribution in [0.25, 0.3) is 0 Å². The first-order valence-corrected chi connectivity index (χ1v) is 9.27. The molecule has 26 heavy (non-hydrogen) atoms. The molecule has 1 aliphatic rings. The molecule has 2 rings (SSSR count). The zero-order valence-corrected chi connectivity index (χ0v) is 15.6. The van der Waals surface area contributed by atoms with Crippen molar-refractivity contribution in [1.82, 2.24) is 10.2 Å². The summed E-state index contributed by atoms with van der Waals surface area (Å²) in [4.78, 5) is 37.6. The molecule has 0 spiro atoms. The van der Waals surface area contributed by atoms with Crippen LogP contribution in [0.5, 0.6) is 0 Å². The molecule has 2 unspecified atom stereocenters. The molecule has 0 bridgehead atoms. The lowest BCUT2D eigenvalue weighted by Gasteiger charge is -2.24. The van der Waals surface area contributed by atoms with Gasteiger partial charge in [-0.3, -0.25) is 9.59 Å². The number of nitrogens with zero attached hydrogens (tertiary/aromatic N) is 1. The number of ether oxygens (including phenoxy) is 1. The number of carbonyl (C=O) groups excluding carboxylic acids is 3. The molecular weight excluding hydrogens is 332 g/mol. The van der Waals surface area contributed by atoms with Crippen LogP contribution in [0.15, 0.2) is 30.3 Å². The second kappa shape index (κ2) is 9.94. The second-order valence-corrected chi connectivity index (χ2v) is 6.61. The van der Waals surface area contributed by atoms with Crippen LogP contribution in [0.4, 0.5) is 0 Å². The maximum absolute atomic E-state index is 12.4. The van der Waals surface area contributed by atoms with Crippen LogP contribution >= 0.6 is 0 Å². The maximum atomic E-state index is 12.4. The van der Waals surface area contributed by atoms with E-state index in [9.17, 15) is 14.4 Å². The number of amides is 2. The van der Waals surface area contributed by atoms with Gasteiger partial charge in [-0.15, -0.1) is 0 Å². The van der Waals surface area contributed by atoms with Gasteiger partial charge in [0.15, 0.2) is 0 Å². The van der Waals surface area contributed by atoms with Crippen LogP contribution < -0.4 is 5.32 Å². The van der Waals surface area contributed by atoms with Crippen LogP contribution in [-0.2, 0) is 19.1 Å². The number of esters is 1. The highest BCUT2D eigenvalue weighted by Gasteiger charge is 2.26. The number of benzene rings is 1. The average molecular weight is 360 g/mol. The largest absolute Gasteiger partial charge is 0.464 e. The van der Waals surface area contributed by atoms with Crippen LogP contribution in [-0.4, -0.2) is 48.4 Å². The fourth-order valence-corrected chi connectivity index (χ4v) is 3.35. The molecule has 1 saturated heterocycles. The summed E-state index contributed by atoms with van der Waals surface area (Å²) in [7, 11) is 0. The van der Waals surface area contributed by atoms with Crippen molar-refractivity contribution < 1.29 is 19.1 Å². The molecule has 0 radical (unpaired) electrons.